The number of benzene rings is 1. The molecule has 2 aromatic heterocycles. The van der Waals surface area contributed by atoms with Crippen molar-refractivity contribution in [3.05, 3.63) is 66.0 Å². The van der Waals surface area contributed by atoms with Crippen molar-refractivity contribution in [2.24, 2.45) is 5.92 Å². The smallest absolute Gasteiger partial charge is 0.227 e. The average Bonchev–Trinajstić information content (AvgIpc) is 3.30. The fourth-order valence-electron chi connectivity index (χ4n) is 3.79. The SMILES string of the molecule is Cc1cc(OCc2ccncc2)ccc1NC(=O)C1CCC(c2ncn[nH]2)CC1. The number of carbonyl (C=O) groups excluding carboxylic acids is 1. The predicted octanol–water partition coefficient (Wildman–Crippen LogP) is 4.00. The van der Waals surface area contributed by atoms with E-state index in [0.717, 1.165) is 54.1 Å². The first-order valence-corrected chi connectivity index (χ1v) is 9.97. The molecule has 3 aromatic rings. The second kappa shape index (κ2) is 8.86. The molecule has 0 saturated heterocycles. The number of rotatable bonds is 6. The summed E-state index contributed by atoms with van der Waals surface area (Å²) >= 11 is 0. The monoisotopic (exact) mass is 391 g/mol. The number of H-pyrrole nitrogens is 1. The van der Waals surface area contributed by atoms with E-state index in [1.165, 1.54) is 0 Å². The van der Waals surface area contributed by atoms with Crippen molar-refractivity contribution in [3.8, 4) is 5.75 Å². The molecule has 0 bridgehead atoms. The molecule has 4 rings (SSSR count). The number of aromatic amines is 1. The van der Waals surface area contributed by atoms with E-state index in [1.807, 2.05) is 37.3 Å². The Labute approximate surface area is 169 Å². The second-order valence-electron chi connectivity index (χ2n) is 7.53. The summed E-state index contributed by atoms with van der Waals surface area (Å²) in [4.78, 5) is 21.0. The number of aromatic nitrogens is 4. The van der Waals surface area contributed by atoms with E-state index in [4.69, 9.17) is 4.74 Å². The number of carbonyl (C=O) groups is 1. The van der Waals surface area contributed by atoms with E-state index in [2.05, 4.69) is 25.5 Å². The van der Waals surface area contributed by atoms with Crippen LogP contribution in [0.3, 0.4) is 0 Å². The first-order chi connectivity index (χ1) is 14.2. The zero-order valence-electron chi connectivity index (χ0n) is 16.5. The van der Waals surface area contributed by atoms with E-state index >= 15 is 0 Å². The van der Waals surface area contributed by atoms with Gasteiger partial charge in [0.2, 0.25) is 5.91 Å². The fraction of sp³-hybridized carbons (Fsp3) is 0.364. The Morgan fingerprint density at radius 3 is 2.66 bits per heavy atom. The van der Waals surface area contributed by atoms with Crippen molar-refractivity contribution < 1.29 is 9.53 Å². The molecule has 150 valence electrons. The van der Waals surface area contributed by atoms with Gasteiger partial charge < -0.3 is 10.1 Å². The minimum atomic E-state index is 0.0381. The normalized spacial score (nSPS) is 18.9. The lowest BCUT2D eigenvalue weighted by atomic mass is 9.81. The van der Waals surface area contributed by atoms with Crippen LogP contribution in [0.5, 0.6) is 5.75 Å². The van der Waals surface area contributed by atoms with Gasteiger partial charge in [-0.3, -0.25) is 14.9 Å². The molecule has 0 unspecified atom stereocenters. The highest BCUT2D eigenvalue weighted by atomic mass is 16.5. The largest absolute Gasteiger partial charge is 0.489 e. The summed E-state index contributed by atoms with van der Waals surface area (Å²) in [5.74, 6) is 2.22. The van der Waals surface area contributed by atoms with Crippen LogP contribution in [-0.2, 0) is 11.4 Å². The summed E-state index contributed by atoms with van der Waals surface area (Å²) in [6, 6.07) is 9.62. The highest BCUT2D eigenvalue weighted by Crippen LogP contribution is 2.35. The maximum atomic E-state index is 12.7. The van der Waals surface area contributed by atoms with Gasteiger partial charge in [0.15, 0.2) is 0 Å². The number of nitrogens with one attached hydrogen (secondary N) is 2. The molecule has 1 aliphatic carbocycles. The van der Waals surface area contributed by atoms with Gasteiger partial charge in [-0.1, -0.05) is 0 Å². The Morgan fingerprint density at radius 2 is 1.97 bits per heavy atom. The van der Waals surface area contributed by atoms with Gasteiger partial charge in [-0.15, -0.1) is 0 Å². The summed E-state index contributed by atoms with van der Waals surface area (Å²) in [6.07, 6.45) is 8.68. The first kappa shape index (κ1) is 19.1. The third-order valence-corrected chi connectivity index (χ3v) is 5.53. The Hall–Kier alpha value is -3.22. The molecule has 0 radical (unpaired) electrons. The number of hydrogen-bond acceptors (Lipinski definition) is 5. The molecule has 1 saturated carbocycles. The topological polar surface area (TPSA) is 92.8 Å². The minimum absolute atomic E-state index is 0.0381. The van der Waals surface area contributed by atoms with Crippen LogP contribution >= 0.6 is 0 Å². The zero-order valence-corrected chi connectivity index (χ0v) is 16.5. The molecule has 0 spiro atoms. The lowest BCUT2D eigenvalue weighted by molar-refractivity contribution is -0.120. The third-order valence-electron chi connectivity index (χ3n) is 5.53. The maximum absolute atomic E-state index is 12.7. The van der Waals surface area contributed by atoms with E-state index in [1.54, 1.807) is 18.7 Å². The first-order valence-electron chi connectivity index (χ1n) is 9.97. The molecule has 1 aromatic carbocycles. The molecule has 1 amide bonds. The summed E-state index contributed by atoms with van der Waals surface area (Å²) in [7, 11) is 0. The molecule has 2 heterocycles. The standard InChI is InChI=1S/C22H25N5O2/c1-15-12-19(29-13-16-8-10-23-11-9-16)6-7-20(15)26-22(28)18-4-2-17(3-5-18)21-24-14-25-27-21/h6-12,14,17-18H,2-5,13H2,1H3,(H,26,28)(H,24,25,27). The summed E-state index contributed by atoms with van der Waals surface area (Å²) in [5.41, 5.74) is 2.89. The zero-order chi connectivity index (χ0) is 20.1. The number of nitrogens with zero attached hydrogens (tertiary/aromatic N) is 3. The van der Waals surface area contributed by atoms with Crippen LogP contribution in [0, 0.1) is 12.8 Å². The predicted molar refractivity (Wildman–Crippen MR) is 109 cm³/mol. The van der Waals surface area contributed by atoms with Crippen molar-refractivity contribution in [2.75, 3.05) is 5.32 Å². The van der Waals surface area contributed by atoms with Crippen molar-refractivity contribution in [1.29, 1.82) is 0 Å². The quantitative estimate of drug-likeness (QED) is 0.662. The molecule has 7 heteroatoms. The van der Waals surface area contributed by atoms with Gasteiger partial charge in [-0.2, -0.15) is 5.10 Å². The Morgan fingerprint density at radius 1 is 1.17 bits per heavy atom. The van der Waals surface area contributed by atoms with Crippen molar-refractivity contribution in [3.63, 3.8) is 0 Å². The summed E-state index contributed by atoms with van der Waals surface area (Å²) in [5, 5.41) is 9.97. The lowest BCUT2D eigenvalue weighted by Crippen LogP contribution is -2.27. The summed E-state index contributed by atoms with van der Waals surface area (Å²) in [6.45, 7) is 2.47. The Balaban J connectivity index is 1.30. The van der Waals surface area contributed by atoms with Gasteiger partial charge in [0.05, 0.1) is 0 Å². The number of aryl methyl sites for hydroxylation is 1. The molecule has 7 nitrogen and oxygen atoms in total. The fourth-order valence-corrected chi connectivity index (χ4v) is 3.79. The van der Waals surface area contributed by atoms with Gasteiger partial charge in [-0.05, 0) is 74.1 Å². The Bertz CT molecular complexity index is 935. The van der Waals surface area contributed by atoms with Crippen molar-refractivity contribution >= 4 is 11.6 Å². The van der Waals surface area contributed by atoms with Crippen molar-refractivity contribution in [2.45, 2.75) is 45.1 Å². The molecular weight excluding hydrogens is 366 g/mol. The molecule has 1 aliphatic rings. The van der Waals surface area contributed by atoms with Gasteiger partial charge in [0.25, 0.3) is 0 Å². The average molecular weight is 391 g/mol. The van der Waals surface area contributed by atoms with Crippen LogP contribution in [0.2, 0.25) is 0 Å². The number of hydrogen-bond donors (Lipinski definition) is 2. The van der Waals surface area contributed by atoms with Crippen LogP contribution in [0.15, 0.2) is 49.1 Å². The van der Waals surface area contributed by atoms with Gasteiger partial charge in [-0.25, -0.2) is 4.98 Å². The van der Waals surface area contributed by atoms with Crippen LogP contribution in [0.1, 0.15) is 48.6 Å². The highest BCUT2D eigenvalue weighted by Gasteiger charge is 2.28. The van der Waals surface area contributed by atoms with Crippen LogP contribution in [0.4, 0.5) is 5.69 Å². The van der Waals surface area contributed by atoms with Crippen LogP contribution < -0.4 is 10.1 Å². The van der Waals surface area contributed by atoms with Crippen molar-refractivity contribution in [1.82, 2.24) is 20.2 Å². The summed E-state index contributed by atoms with van der Waals surface area (Å²) < 4.78 is 5.84. The number of anilines is 1. The number of ether oxygens (including phenoxy) is 1. The van der Waals surface area contributed by atoms with Gasteiger partial charge in [0, 0.05) is 29.9 Å². The lowest BCUT2D eigenvalue weighted by Gasteiger charge is -2.26. The number of pyridine rings is 1. The Kier molecular flexibility index (Phi) is 5.84. The molecular formula is C22H25N5O2. The second-order valence-corrected chi connectivity index (χ2v) is 7.53. The molecule has 2 N–H and O–H groups in total. The molecule has 0 atom stereocenters. The third kappa shape index (κ3) is 4.80. The molecule has 0 aliphatic heterocycles. The van der Waals surface area contributed by atoms with E-state index in [0.29, 0.717) is 12.5 Å². The van der Waals surface area contributed by atoms with Gasteiger partial charge >= 0.3 is 0 Å². The number of amides is 1. The molecule has 1 fully saturated rings. The minimum Gasteiger partial charge on any atom is -0.489 e. The van der Waals surface area contributed by atoms with E-state index in [-0.39, 0.29) is 11.8 Å². The van der Waals surface area contributed by atoms with E-state index < -0.39 is 0 Å². The highest BCUT2D eigenvalue weighted by molar-refractivity contribution is 5.93. The molecule has 29 heavy (non-hydrogen) atoms. The van der Waals surface area contributed by atoms with Gasteiger partial charge in [0.1, 0.15) is 24.5 Å². The maximum Gasteiger partial charge on any atom is 0.227 e. The van der Waals surface area contributed by atoms with Crippen LogP contribution in [-0.4, -0.2) is 26.1 Å². The van der Waals surface area contributed by atoms with Crippen LogP contribution in [0.25, 0.3) is 0 Å². The van der Waals surface area contributed by atoms with E-state index in [9.17, 15) is 4.79 Å².